The van der Waals surface area contributed by atoms with Crippen LogP contribution in [0.5, 0.6) is 0 Å². The van der Waals surface area contributed by atoms with Gasteiger partial charge < -0.3 is 10.2 Å². The summed E-state index contributed by atoms with van der Waals surface area (Å²) in [5.41, 5.74) is -0.00965. The zero-order valence-corrected chi connectivity index (χ0v) is 10.6. The monoisotopic (exact) mass is 224 g/mol. The maximum absolute atomic E-state index is 10.3. The minimum absolute atomic E-state index is 0.00965. The molecule has 0 radical (unpaired) electrons. The first-order chi connectivity index (χ1) is 7.48. The van der Waals surface area contributed by atoms with Crippen molar-refractivity contribution in [3.8, 4) is 0 Å². The maximum Gasteiger partial charge on any atom is 0.0604 e. The minimum Gasteiger partial charge on any atom is -0.393 e. The van der Waals surface area contributed by atoms with E-state index in [4.69, 9.17) is 0 Å². The molecule has 2 nitrogen and oxygen atoms in total. The Morgan fingerprint density at radius 3 is 2.69 bits per heavy atom. The van der Waals surface area contributed by atoms with Gasteiger partial charge >= 0.3 is 0 Å². The van der Waals surface area contributed by atoms with E-state index in [9.17, 15) is 10.2 Å². The van der Waals surface area contributed by atoms with Crippen molar-refractivity contribution in [3.05, 3.63) is 12.2 Å². The predicted octanol–water partition coefficient (Wildman–Crippen LogP) is 2.36. The largest absolute Gasteiger partial charge is 0.393 e. The highest BCUT2D eigenvalue weighted by atomic mass is 16.3. The van der Waals surface area contributed by atoms with Gasteiger partial charge in [-0.05, 0) is 36.0 Å². The first kappa shape index (κ1) is 12.1. The van der Waals surface area contributed by atoms with Crippen molar-refractivity contribution < 1.29 is 10.2 Å². The summed E-state index contributed by atoms with van der Waals surface area (Å²) in [4.78, 5) is 0. The Balaban J connectivity index is 2.33. The smallest absolute Gasteiger partial charge is 0.0604 e. The number of aliphatic hydroxyl groups excluding tert-OH is 2. The van der Waals surface area contributed by atoms with Gasteiger partial charge in [0.15, 0.2) is 0 Å². The number of allylic oxidation sites excluding steroid dienone is 2. The van der Waals surface area contributed by atoms with Crippen LogP contribution in [0.1, 0.15) is 40.0 Å². The Kier molecular flexibility index (Phi) is 3.15. The lowest BCUT2D eigenvalue weighted by Gasteiger charge is -2.51. The van der Waals surface area contributed by atoms with E-state index < -0.39 is 0 Å². The van der Waals surface area contributed by atoms with Gasteiger partial charge in [0, 0.05) is 0 Å². The van der Waals surface area contributed by atoms with Crippen LogP contribution in [-0.4, -0.2) is 22.4 Å². The molecule has 0 aromatic rings. The molecule has 0 heterocycles. The Morgan fingerprint density at radius 2 is 2.06 bits per heavy atom. The van der Waals surface area contributed by atoms with E-state index in [0.29, 0.717) is 24.2 Å². The Hall–Kier alpha value is -0.340. The van der Waals surface area contributed by atoms with E-state index in [1.54, 1.807) is 0 Å². The lowest BCUT2D eigenvalue weighted by Crippen LogP contribution is -2.50. The Bertz CT molecular complexity index is 286. The average Bonchev–Trinajstić information content (AvgIpc) is 2.19. The normalized spacial score (nSPS) is 52.4. The maximum atomic E-state index is 10.3. The lowest BCUT2D eigenvalue weighted by molar-refractivity contribution is -0.0893. The average molecular weight is 224 g/mol. The topological polar surface area (TPSA) is 40.5 Å². The minimum atomic E-state index is -0.342. The Labute approximate surface area is 98.4 Å². The molecule has 0 aromatic carbocycles. The Morgan fingerprint density at radius 1 is 1.38 bits per heavy atom. The number of aliphatic hydroxyl groups is 2. The highest BCUT2D eigenvalue weighted by Crippen LogP contribution is 2.51. The first-order valence-electron chi connectivity index (χ1n) is 6.53. The summed E-state index contributed by atoms with van der Waals surface area (Å²) < 4.78 is 0. The molecular formula is C14H24O2. The van der Waals surface area contributed by atoms with Gasteiger partial charge in [-0.1, -0.05) is 39.3 Å². The van der Waals surface area contributed by atoms with Crippen LogP contribution in [0.3, 0.4) is 0 Å². The molecule has 0 aliphatic heterocycles. The van der Waals surface area contributed by atoms with Gasteiger partial charge in [0.2, 0.25) is 0 Å². The van der Waals surface area contributed by atoms with Crippen LogP contribution in [0, 0.1) is 23.2 Å². The van der Waals surface area contributed by atoms with E-state index in [-0.39, 0.29) is 17.6 Å². The van der Waals surface area contributed by atoms with E-state index in [0.717, 1.165) is 12.8 Å². The van der Waals surface area contributed by atoms with Gasteiger partial charge in [-0.15, -0.1) is 0 Å². The van der Waals surface area contributed by atoms with Gasteiger partial charge in [0.1, 0.15) is 0 Å². The zero-order chi connectivity index (χ0) is 11.9. The zero-order valence-electron chi connectivity index (χ0n) is 10.6. The summed E-state index contributed by atoms with van der Waals surface area (Å²) in [5.74, 6) is 1.42. The van der Waals surface area contributed by atoms with Crippen molar-refractivity contribution in [2.24, 2.45) is 23.2 Å². The molecular weight excluding hydrogens is 200 g/mol. The number of fused-ring (bicyclic) bond motifs is 1. The second kappa shape index (κ2) is 4.15. The van der Waals surface area contributed by atoms with E-state index >= 15 is 0 Å². The summed E-state index contributed by atoms with van der Waals surface area (Å²) >= 11 is 0. The fourth-order valence-electron chi connectivity index (χ4n) is 4.01. The summed E-state index contributed by atoms with van der Waals surface area (Å²) in [7, 11) is 0. The van der Waals surface area contributed by atoms with Gasteiger partial charge in [-0.3, -0.25) is 0 Å². The van der Waals surface area contributed by atoms with Crippen molar-refractivity contribution in [2.45, 2.75) is 52.2 Å². The molecule has 2 aliphatic carbocycles. The van der Waals surface area contributed by atoms with E-state index in [2.05, 4.69) is 32.9 Å². The number of hydrogen-bond donors (Lipinski definition) is 2. The summed E-state index contributed by atoms with van der Waals surface area (Å²) in [5, 5.41) is 20.1. The number of rotatable bonds is 1. The van der Waals surface area contributed by atoms with Crippen molar-refractivity contribution >= 4 is 0 Å². The van der Waals surface area contributed by atoms with Gasteiger partial charge in [0.25, 0.3) is 0 Å². The van der Waals surface area contributed by atoms with Gasteiger partial charge in [0.05, 0.1) is 12.2 Å². The van der Waals surface area contributed by atoms with Crippen molar-refractivity contribution in [1.29, 1.82) is 0 Å². The molecule has 2 rings (SSSR count). The third-order valence-electron chi connectivity index (χ3n) is 4.75. The first-order valence-corrected chi connectivity index (χ1v) is 6.53. The third-order valence-corrected chi connectivity index (χ3v) is 4.75. The quantitative estimate of drug-likeness (QED) is 0.671. The van der Waals surface area contributed by atoms with Crippen LogP contribution in [-0.2, 0) is 0 Å². The second-order valence-corrected chi connectivity index (χ2v) is 5.98. The molecule has 16 heavy (non-hydrogen) atoms. The van der Waals surface area contributed by atoms with Crippen LogP contribution < -0.4 is 0 Å². The SMILES string of the molecule is CC[C@@H]1C2[C@@H](O)C[C@@H](O)C[C@@]2(C)C=C[C@@H]1C. The van der Waals surface area contributed by atoms with Crippen LogP contribution in [0.4, 0.5) is 0 Å². The van der Waals surface area contributed by atoms with Crippen LogP contribution in [0.25, 0.3) is 0 Å². The molecule has 0 aromatic heterocycles. The summed E-state index contributed by atoms with van der Waals surface area (Å²) in [6.07, 6.45) is 6.29. The van der Waals surface area contributed by atoms with Gasteiger partial charge in [-0.25, -0.2) is 0 Å². The van der Waals surface area contributed by atoms with E-state index in [1.165, 1.54) is 0 Å². The molecule has 6 atom stereocenters. The molecule has 0 bridgehead atoms. The molecule has 0 spiro atoms. The molecule has 1 fully saturated rings. The van der Waals surface area contributed by atoms with E-state index in [1.807, 2.05) is 0 Å². The highest BCUT2D eigenvalue weighted by molar-refractivity contribution is 5.14. The highest BCUT2D eigenvalue weighted by Gasteiger charge is 2.49. The van der Waals surface area contributed by atoms with Crippen LogP contribution >= 0.6 is 0 Å². The molecule has 0 amide bonds. The molecule has 0 saturated heterocycles. The third kappa shape index (κ3) is 1.82. The molecule has 92 valence electrons. The molecule has 2 N–H and O–H groups in total. The van der Waals surface area contributed by atoms with Crippen molar-refractivity contribution in [1.82, 2.24) is 0 Å². The summed E-state index contributed by atoms with van der Waals surface area (Å²) in [6.45, 7) is 6.63. The second-order valence-electron chi connectivity index (χ2n) is 5.98. The summed E-state index contributed by atoms with van der Waals surface area (Å²) in [6, 6.07) is 0. The molecule has 2 aliphatic rings. The molecule has 1 unspecified atom stereocenters. The predicted molar refractivity (Wildman–Crippen MR) is 64.9 cm³/mol. The molecule has 1 saturated carbocycles. The van der Waals surface area contributed by atoms with Gasteiger partial charge in [-0.2, -0.15) is 0 Å². The lowest BCUT2D eigenvalue weighted by atomic mass is 9.55. The van der Waals surface area contributed by atoms with Crippen molar-refractivity contribution in [3.63, 3.8) is 0 Å². The van der Waals surface area contributed by atoms with Crippen LogP contribution in [0.2, 0.25) is 0 Å². The standard InChI is InChI=1S/C14H24O2/c1-4-11-9(2)5-6-14(3)8-10(15)7-12(16)13(11)14/h5-6,9-13,15-16H,4,7-8H2,1-3H3/t9-,10+,11-,12-,13?,14+/m0/s1. The van der Waals surface area contributed by atoms with Crippen molar-refractivity contribution in [2.75, 3.05) is 0 Å². The fourth-order valence-corrected chi connectivity index (χ4v) is 4.01. The molecule has 2 heteroatoms. The number of hydrogen-bond acceptors (Lipinski definition) is 2. The fraction of sp³-hybridized carbons (Fsp3) is 0.857. The van der Waals surface area contributed by atoms with Crippen LogP contribution in [0.15, 0.2) is 12.2 Å².